The number of alkyl halides is 3. The number of pyridine rings is 2. The molecule has 4 aromatic carbocycles. The fourth-order valence-corrected chi connectivity index (χ4v) is 5.81. The van der Waals surface area contributed by atoms with Crippen molar-refractivity contribution in [1.82, 2.24) is 14.5 Å². The molecule has 6 aromatic rings. The normalized spacial score (nSPS) is 11.5. The van der Waals surface area contributed by atoms with Gasteiger partial charge in [0, 0.05) is 29.9 Å². The molecule has 2 heterocycles. The zero-order valence-corrected chi connectivity index (χ0v) is 26.1. The number of rotatable bonds is 10. The van der Waals surface area contributed by atoms with Crippen LogP contribution in [0.25, 0.3) is 22.0 Å². The Morgan fingerprint density at radius 1 is 0.755 bits per heavy atom. The first-order chi connectivity index (χ1) is 23.6. The maximum Gasteiger partial charge on any atom is 0.416 e. The van der Waals surface area contributed by atoms with E-state index in [9.17, 15) is 31.5 Å². The van der Waals surface area contributed by atoms with Gasteiger partial charge in [0.1, 0.15) is 6.54 Å². The van der Waals surface area contributed by atoms with Crippen molar-refractivity contribution in [2.75, 3.05) is 0 Å². The molecule has 0 fully saturated rings. The van der Waals surface area contributed by atoms with Crippen molar-refractivity contribution in [3.05, 3.63) is 171 Å². The van der Waals surface area contributed by atoms with Crippen LogP contribution in [0.3, 0.4) is 0 Å². The molecule has 0 bridgehead atoms. The Balaban J connectivity index is 1.29. The molecule has 0 aliphatic heterocycles. The van der Waals surface area contributed by atoms with Crippen molar-refractivity contribution in [3.8, 4) is 11.1 Å². The highest BCUT2D eigenvalue weighted by molar-refractivity contribution is 5.83. The van der Waals surface area contributed by atoms with Crippen LogP contribution >= 0.6 is 0 Å². The third-order valence-electron chi connectivity index (χ3n) is 8.38. The second-order valence-corrected chi connectivity index (χ2v) is 11.7. The molecule has 0 saturated carbocycles. The number of aryl methyl sites for hydroxylation is 2. The molecule has 6 rings (SSSR count). The molecule has 49 heavy (non-hydrogen) atoms. The number of benzene rings is 4. The molecule has 0 N–H and O–H groups in total. The summed E-state index contributed by atoms with van der Waals surface area (Å²) >= 11 is 0. The standard InChI is InChI=1S/C39H30F5N3O2/c40-34-9-5-6-29(38(34)41)17-20-32-22-36(48)33-8-1-2-10-35(33)47(32)25-37(49)46(24-31-7-3-4-21-45-31)23-26-11-13-27(14-12-26)28-15-18-30(19-16-28)39(42,43)44/h1-16,18-19,21-22H,17,20,23-25H2. The molecule has 10 heteroatoms. The summed E-state index contributed by atoms with van der Waals surface area (Å²) in [4.78, 5) is 33.3. The van der Waals surface area contributed by atoms with Crippen molar-refractivity contribution >= 4 is 16.8 Å². The second-order valence-electron chi connectivity index (χ2n) is 11.7. The molecule has 0 radical (unpaired) electrons. The van der Waals surface area contributed by atoms with E-state index in [2.05, 4.69) is 4.98 Å². The van der Waals surface area contributed by atoms with E-state index in [0.29, 0.717) is 27.9 Å². The molecule has 0 aliphatic rings. The molecule has 2 aromatic heterocycles. The van der Waals surface area contributed by atoms with Gasteiger partial charge in [-0.2, -0.15) is 13.2 Å². The Bertz CT molecular complexity index is 2150. The fraction of sp³-hybridized carbons (Fsp3) is 0.154. The number of halogens is 5. The van der Waals surface area contributed by atoms with Gasteiger partial charge in [-0.1, -0.05) is 66.7 Å². The van der Waals surface area contributed by atoms with Crippen molar-refractivity contribution in [1.29, 1.82) is 0 Å². The lowest BCUT2D eigenvalue weighted by Gasteiger charge is -2.25. The summed E-state index contributed by atoms with van der Waals surface area (Å²) < 4.78 is 69.2. The molecule has 1 amide bonds. The summed E-state index contributed by atoms with van der Waals surface area (Å²) in [6.07, 6.45) is -2.50. The van der Waals surface area contributed by atoms with E-state index in [0.717, 1.165) is 29.3 Å². The molecule has 248 valence electrons. The minimum atomic E-state index is -4.42. The molecular formula is C39H30F5N3O2. The van der Waals surface area contributed by atoms with Crippen LogP contribution in [-0.4, -0.2) is 20.4 Å². The molecule has 5 nitrogen and oxygen atoms in total. The number of carbonyl (C=O) groups is 1. The van der Waals surface area contributed by atoms with Crippen LogP contribution < -0.4 is 5.43 Å². The molecule has 0 saturated heterocycles. The van der Waals surface area contributed by atoms with E-state index in [1.807, 2.05) is 24.3 Å². The lowest BCUT2D eigenvalue weighted by molar-refractivity contribution is -0.137. The van der Waals surface area contributed by atoms with Crippen molar-refractivity contribution in [2.45, 2.75) is 38.7 Å². The van der Waals surface area contributed by atoms with Crippen molar-refractivity contribution in [3.63, 3.8) is 0 Å². The van der Waals surface area contributed by atoms with Gasteiger partial charge in [-0.25, -0.2) is 8.78 Å². The Hall–Kier alpha value is -5.64. The maximum absolute atomic E-state index is 14.5. The van der Waals surface area contributed by atoms with Crippen LogP contribution in [0.5, 0.6) is 0 Å². The van der Waals surface area contributed by atoms with Gasteiger partial charge in [-0.05, 0) is 77.6 Å². The van der Waals surface area contributed by atoms with Gasteiger partial charge in [0.05, 0.1) is 23.3 Å². The van der Waals surface area contributed by atoms with Crippen LogP contribution in [0.2, 0.25) is 0 Å². The maximum atomic E-state index is 14.5. The highest BCUT2D eigenvalue weighted by Crippen LogP contribution is 2.31. The Morgan fingerprint density at radius 3 is 2.14 bits per heavy atom. The predicted molar refractivity (Wildman–Crippen MR) is 177 cm³/mol. The quantitative estimate of drug-likeness (QED) is 0.138. The van der Waals surface area contributed by atoms with E-state index in [1.54, 1.807) is 58.1 Å². The number of fused-ring (bicyclic) bond motifs is 1. The van der Waals surface area contributed by atoms with Crippen LogP contribution in [0.1, 0.15) is 28.1 Å². The zero-order valence-electron chi connectivity index (χ0n) is 26.1. The number of hydrogen-bond donors (Lipinski definition) is 0. The van der Waals surface area contributed by atoms with Crippen molar-refractivity contribution in [2.24, 2.45) is 0 Å². The highest BCUT2D eigenvalue weighted by Gasteiger charge is 2.30. The van der Waals surface area contributed by atoms with Gasteiger partial charge in [0.2, 0.25) is 5.91 Å². The first kappa shape index (κ1) is 33.3. The average Bonchev–Trinajstić information content (AvgIpc) is 3.10. The lowest BCUT2D eigenvalue weighted by atomic mass is 10.0. The van der Waals surface area contributed by atoms with Gasteiger partial charge in [0.15, 0.2) is 17.1 Å². The van der Waals surface area contributed by atoms with E-state index in [-0.39, 0.29) is 49.4 Å². The summed E-state index contributed by atoms with van der Waals surface area (Å²) in [5.41, 5.74) is 3.02. The minimum Gasteiger partial charge on any atom is -0.335 e. The third-order valence-corrected chi connectivity index (χ3v) is 8.38. The smallest absolute Gasteiger partial charge is 0.335 e. The van der Waals surface area contributed by atoms with E-state index in [4.69, 9.17) is 0 Å². The highest BCUT2D eigenvalue weighted by atomic mass is 19.4. The van der Waals surface area contributed by atoms with E-state index in [1.165, 1.54) is 30.3 Å². The largest absolute Gasteiger partial charge is 0.416 e. The first-order valence-corrected chi connectivity index (χ1v) is 15.6. The minimum absolute atomic E-state index is 0.110. The number of amides is 1. The summed E-state index contributed by atoms with van der Waals surface area (Å²) in [6, 6.07) is 29.9. The van der Waals surface area contributed by atoms with Crippen LogP contribution in [0.15, 0.2) is 126 Å². The van der Waals surface area contributed by atoms with E-state index >= 15 is 0 Å². The molecule has 0 unspecified atom stereocenters. The van der Waals surface area contributed by atoms with Crippen LogP contribution in [0.4, 0.5) is 22.0 Å². The van der Waals surface area contributed by atoms with E-state index < -0.39 is 23.4 Å². The number of carbonyl (C=O) groups excluding carboxylic acids is 1. The van der Waals surface area contributed by atoms with Crippen molar-refractivity contribution < 1.29 is 26.7 Å². The fourth-order valence-electron chi connectivity index (χ4n) is 5.81. The number of hydrogen-bond acceptors (Lipinski definition) is 3. The Kier molecular flexibility index (Phi) is 9.66. The summed E-state index contributed by atoms with van der Waals surface area (Å²) in [5.74, 6) is -2.18. The molecule has 0 spiro atoms. The average molecular weight is 668 g/mol. The molecule has 0 aliphatic carbocycles. The zero-order chi connectivity index (χ0) is 34.5. The number of para-hydroxylation sites is 1. The number of aromatic nitrogens is 2. The predicted octanol–water partition coefficient (Wildman–Crippen LogP) is 8.37. The van der Waals surface area contributed by atoms with Crippen LogP contribution in [0, 0.1) is 11.6 Å². The summed E-state index contributed by atoms with van der Waals surface area (Å²) in [6.45, 7) is 0.241. The van der Waals surface area contributed by atoms with Gasteiger partial charge in [-0.15, -0.1) is 0 Å². The molecule has 0 atom stereocenters. The second kappa shape index (κ2) is 14.2. The summed E-state index contributed by atoms with van der Waals surface area (Å²) in [5, 5.41) is 0.422. The summed E-state index contributed by atoms with van der Waals surface area (Å²) in [7, 11) is 0. The topological polar surface area (TPSA) is 55.2 Å². The Labute approximate surface area is 278 Å². The van der Waals surface area contributed by atoms with Gasteiger partial charge in [0.25, 0.3) is 0 Å². The van der Waals surface area contributed by atoms with Gasteiger partial charge in [-0.3, -0.25) is 14.6 Å². The number of nitrogens with zero attached hydrogens (tertiary/aromatic N) is 3. The SMILES string of the molecule is O=C(Cn1c(CCc2cccc(F)c2F)cc(=O)c2ccccc21)N(Cc1ccc(-c2ccc(C(F)(F)F)cc2)cc1)Cc1ccccn1. The monoisotopic (exact) mass is 667 g/mol. The first-order valence-electron chi connectivity index (χ1n) is 15.6. The lowest BCUT2D eigenvalue weighted by Crippen LogP contribution is -2.34. The molecular weight excluding hydrogens is 637 g/mol. The van der Waals surface area contributed by atoms with Crippen LogP contribution in [-0.2, 0) is 43.4 Å². The van der Waals surface area contributed by atoms with Gasteiger partial charge < -0.3 is 9.47 Å². The van der Waals surface area contributed by atoms with Gasteiger partial charge >= 0.3 is 6.18 Å². The Morgan fingerprint density at radius 2 is 1.45 bits per heavy atom. The third kappa shape index (κ3) is 7.75.